The SMILES string of the molecule is CC1=c2ccccc2=C(C(c2ccccc2)(c2ccccc2)C(C2=c3ccccc3=C(C)CC2)(c2ccccc2)c2ccccc2)CC1. The van der Waals surface area contributed by atoms with Crippen LogP contribution in [0.3, 0.4) is 0 Å². The Morgan fingerprint density at radius 1 is 0.292 bits per heavy atom. The second-order valence-corrected chi connectivity index (χ2v) is 13.6. The standard InChI is InChI=1S/C48H42/c1-35-31-33-45(43-29-17-15-27-41(35)43)47(37-19-7-3-8-20-37,38-21-9-4-10-22-38)48(39-23-11-5-12-24-39,40-25-13-6-14-26-40)46-34-32-36(2)42-28-16-18-30-44(42)46/h3-30H,31-34H2,1-2H3. The van der Waals surface area contributed by atoms with Gasteiger partial charge in [-0.05, 0) is 93.8 Å². The Bertz CT molecular complexity index is 2080. The van der Waals surface area contributed by atoms with Crippen LogP contribution in [0, 0.1) is 0 Å². The van der Waals surface area contributed by atoms with Crippen molar-refractivity contribution in [3.05, 3.63) is 213 Å². The normalized spacial score (nSPS) is 14.8. The lowest BCUT2D eigenvalue weighted by Gasteiger charge is -2.56. The second-order valence-electron chi connectivity index (χ2n) is 13.6. The van der Waals surface area contributed by atoms with Gasteiger partial charge in [0.25, 0.3) is 0 Å². The summed E-state index contributed by atoms with van der Waals surface area (Å²) < 4.78 is 0. The van der Waals surface area contributed by atoms with Gasteiger partial charge >= 0.3 is 0 Å². The van der Waals surface area contributed by atoms with E-state index in [1.54, 1.807) is 0 Å². The Balaban J connectivity index is 1.76. The summed E-state index contributed by atoms with van der Waals surface area (Å²) in [4.78, 5) is 0. The van der Waals surface area contributed by atoms with Gasteiger partial charge < -0.3 is 0 Å². The third-order valence-corrected chi connectivity index (χ3v) is 11.2. The van der Waals surface area contributed by atoms with Crippen LogP contribution in [-0.2, 0) is 10.8 Å². The molecular weight excluding hydrogens is 577 g/mol. The van der Waals surface area contributed by atoms with E-state index in [0.717, 1.165) is 25.7 Å². The van der Waals surface area contributed by atoms with Crippen molar-refractivity contribution in [2.24, 2.45) is 0 Å². The summed E-state index contributed by atoms with van der Waals surface area (Å²) in [6.45, 7) is 4.66. The van der Waals surface area contributed by atoms with Crippen LogP contribution in [0.4, 0.5) is 0 Å². The van der Waals surface area contributed by atoms with Gasteiger partial charge in [-0.1, -0.05) is 181 Å². The summed E-state index contributed by atoms with van der Waals surface area (Å²) in [7, 11) is 0. The van der Waals surface area contributed by atoms with Gasteiger partial charge in [-0.15, -0.1) is 0 Å². The Morgan fingerprint density at radius 3 is 0.833 bits per heavy atom. The molecule has 0 nitrogen and oxygen atoms in total. The molecule has 48 heavy (non-hydrogen) atoms. The van der Waals surface area contributed by atoms with Gasteiger partial charge in [-0.25, -0.2) is 0 Å². The van der Waals surface area contributed by atoms with Gasteiger partial charge in [0.15, 0.2) is 0 Å². The Morgan fingerprint density at radius 2 is 0.542 bits per heavy atom. The van der Waals surface area contributed by atoms with Crippen LogP contribution < -0.4 is 20.9 Å². The third kappa shape index (κ3) is 4.50. The van der Waals surface area contributed by atoms with Crippen molar-refractivity contribution in [1.29, 1.82) is 0 Å². The molecule has 0 atom stereocenters. The minimum absolute atomic E-state index is 0.595. The fourth-order valence-corrected chi connectivity index (χ4v) is 9.28. The van der Waals surface area contributed by atoms with E-state index in [2.05, 4.69) is 184 Å². The van der Waals surface area contributed by atoms with Gasteiger partial charge in [0.2, 0.25) is 0 Å². The highest BCUT2D eigenvalue weighted by atomic mass is 14.6. The minimum Gasteiger partial charge on any atom is -0.0652 e. The van der Waals surface area contributed by atoms with Crippen LogP contribution in [0.1, 0.15) is 61.8 Å². The monoisotopic (exact) mass is 618 g/mol. The molecule has 2 aliphatic rings. The molecular formula is C48H42. The van der Waals surface area contributed by atoms with Crippen LogP contribution in [0.25, 0.3) is 22.3 Å². The van der Waals surface area contributed by atoms with E-state index in [4.69, 9.17) is 0 Å². The molecule has 0 radical (unpaired) electrons. The van der Waals surface area contributed by atoms with E-state index in [1.807, 2.05) is 0 Å². The van der Waals surface area contributed by atoms with Gasteiger partial charge in [-0.2, -0.15) is 0 Å². The Labute approximate surface area is 284 Å². The fourth-order valence-electron chi connectivity index (χ4n) is 9.28. The highest BCUT2D eigenvalue weighted by Gasteiger charge is 2.59. The zero-order valence-corrected chi connectivity index (χ0v) is 28.0. The predicted octanol–water partition coefficient (Wildman–Crippen LogP) is 8.59. The van der Waals surface area contributed by atoms with Crippen molar-refractivity contribution in [3.63, 3.8) is 0 Å². The van der Waals surface area contributed by atoms with E-state index in [0.29, 0.717) is 0 Å². The molecule has 0 bridgehead atoms. The molecule has 8 rings (SSSR count). The molecule has 6 aromatic carbocycles. The lowest BCUT2D eigenvalue weighted by atomic mass is 9.45. The maximum absolute atomic E-state index is 2.40. The Kier molecular flexibility index (Phi) is 7.81. The summed E-state index contributed by atoms with van der Waals surface area (Å²) in [5.74, 6) is 0. The number of hydrogen-bond acceptors (Lipinski definition) is 0. The van der Waals surface area contributed by atoms with Crippen LogP contribution in [0.5, 0.6) is 0 Å². The average molecular weight is 619 g/mol. The van der Waals surface area contributed by atoms with Gasteiger partial charge in [0.1, 0.15) is 0 Å². The Hall–Kier alpha value is -5.20. The first-order valence-electron chi connectivity index (χ1n) is 17.5. The van der Waals surface area contributed by atoms with Crippen molar-refractivity contribution in [3.8, 4) is 0 Å². The molecule has 0 N–H and O–H groups in total. The fraction of sp³-hybridized carbons (Fsp3) is 0.167. The summed E-state index contributed by atoms with van der Waals surface area (Å²) in [6, 6.07) is 64.3. The van der Waals surface area contributed by atoms with Crippen molar-refractivity contribution >= 4 is 22.3 Å². The predicted molar refractivity (Wildman–Crippen MR) is 202 cm³/mol. The lowest BCUT2D eigenvalue weighted by molar-refractivity contribution is 0.452. The summed E-state index contributed by atoms with van der Waals surface area (Å²) in [5.41, 5.74) is 10.0. The van der Waals surface area contributed by atoms with E-state index in [1.165, 1.54) is 65.4 Å². The number of benzene rings is 6. The lowest BCUT2D eigenvalue weighted by Crippen LogP contribution is -2.57. The molecule has 0 aromatic heterocycles. The maximum atomic E-state index is 2.40. The smallest absolute Gasteiger partial charge is 0.0595 e. The molecule has 0 amide bonds. The van der Waals surface area contributed by atoms with Crippen LogP contribution >= 0.6 is 0 Å². The highest BCUT2D eigenvalue weighted by Crippen LogP contribution is 2.62. The topological polar surface area (TPSA) is 0 Å². The molecule has 0 saturated heterocycles. The van der Waals surface area contributed by atoms with Crippen LogP contribution in [-0.4, -0.2) is 0 Å². The number of rotatable bonds is 7. The molecule has 0 aliphatic heterocycles. The molecule has 0 unspecified atom stereocenters. The molecule has 234 valence electrons. The van der Waals surface area contributed by atoms with Crippen LogP contribution in [0.15, 0.2) is 170 Å². The first-order chi connectivity index (χ1) is 23.7. The number of fused-ring (bicyclic) bond motifs is 2. The molecule has 0 spiro atoms. The summed E-state index contributed by atoms with van der Waals surface area (Å²) in [5, 5.41) is 5.50. The molecule has 0 fully saturated rings. The zero-order chi connectivity index (χ0) is 32.6. The van der Waals surface area contributed by atoms with Crippen molar-refractivity contribution in [2.45, 2.75) is 50.4 Å². The third-order valence-electron chi connectivity index (χ3n) is 11.2. The largest absolute Gasteiger partial charge is 0.0652 e. The first-order valence-corrected chi connectivity index (χ1v) is 17.5. The zero-order valence-electron chi connectivity index (χ0n) is 28.0. The average Bonchev–Trinajstić information content (AvgIpc) is 3.16. The molecule has 0 saturated carbocycles. The van der Waals surface area contributed by atoms with Crippen LogP contribution in [0.2, 0.25) is 0 Å². The van der Waals surface area contributed by atoms with Crippen molar-refractivity contribution in [1.82, 2.24) is 0 Å². The summed E-state index contributed by atoms with van der Waals surface area (Å²) in [6.07, 6.45) is 4.03. The second kappa shape index (κ2) is 12.4. The first kappa shape index (κ1) is 30.2. The molecule has 6 aromatic rings. The maximum Gasteiger partial charge on any atom is 0.0595 e. The number of hydrogen-bond donors (Lipinski definition) is 0. The molecule has 2 aliphatic carbocycles. The van der Waals surface area contributed by atoms with Crippen molar-refractivity contribution < 1.29 is 0 Å². The van der Waals surface area contributed by atoms with E-state index in [9.17, 15) is 0 Å². The van der Waals surface area contributed by atoms with Crippen molar-refractivity contribution in [2.75, 3.05) is 0 Å². The van der Waals surface area contributed by atoms with E-state index >= 15 is 0 Å². The molecule has 0 heterocycles. The van der Waals surface area contributed by atoms with Gasteiger partial charge in [0.05, 0.1) is 10.8 Å². The summed E-state index contributed by atoms with van der Waals surface area (Å²) >= 11 is 0. The highest BCUT2D eigenvalue weighted by molar-refractivity contribution is 5.86. The quantitative estimate of drug-likeness (QED) is 0.168. The van der Waals surface area contributed by atoms with Gasteiger partial charge in [0, 0.05) is 0 Å². The van der Waals surface area contributed by atoms with E-state index in [-0.39, 0.29) is 0 Å². The van der Waals surface area contributed by atoms with Gasteiger partial charge in [-0.3, -0.25) is 0 Å². The minimum atomic E-state index is -0.595. The molecule has 0 heteroatoms. The van der Waals surface area contributed by atoms with E-state index < -0.39 is 10.8 Å².